The van der Waals surface area contributed by atoms with Crippen molar-refractivity contribution in [3.05, 3.63) is 71.4 Å². The van der Waals surface area contributed by atoms with Crippen LogP contribution in [0.15, 0.2) is 45.8 Å². The number of alkyl halides is 1. The van der Waals surface area contributed by atoms with E-state index >= 15 is 0 Å². The van der Waals surface area contributed by atoms with Crippen molar-refractivity contribution in [2.24, 2.45) is 0 Å². The van der Waals surface area contributed by atoms with Crippen molar-refractivity contribution in [1.29, 1.82) is 0 Å². The Hall–Kier alpha value is -3.49. The summed E-state index contributed by atoms with van der Waals surface area (Å²) in [5, 5.41) is 0.591. The third kappa shape index (κ3) is 2.38. The van der Waals surface area contributed by atoms with Crippen LogP contribution in [0.3, 0.4) is 0 Å². The highest BCUT2D eigenvalue weighted by Gasteiger charge is 2.45. The summed E-state index contributed by atoms with van der Waals surface area (Å²) in [6.45, 7) is 0. The molecule has 3 aromatic heterocycles. The lowest BCUT2D eigenvalue weighted by molar-refractivity contribution is 0.0464. The smallest absolute Gasteiger partial charge is 0.292 e. The molecule has 0 saturated carbocycles. The van der Waals surface area contributed by atoms with Crippen LogP contribution in [0.25, 0.3) is 11.0 Å². The van der Waals surface area contributed by atoms with Gasteiger partial charge in [0.15, 0.2) is 17.8 Å². The van der Waals surface area contributed by atoms with Gasteiger partial charge in [-0.1, -0.05) is 12.1 Å². The highest BCUT2D eigenvalue weighted by atomic mass is 19.1. The van der Waals surface area contributed by atoms with Crippen molar-refractivity contribution in [3.63, 3.8) is 0 Å². The summed E-state index contributed by atoms with van der Waals surface area (Å²) in [4.78, 5) is 26.6. The molecule has 0 spiro atoms. The monoisotopic (exact) mass is 410 g/mol. The summed E-state index contributed by atoms with van der Waals surface area (Å²) in [6, 6.07) is 5.39. The van der Waals surface area contributed by atoms with Gasteiger partial charge in [-0.2, -0.15) is 0 Å². The normalized spacial score (nSPS) is 23.6. The van der Waals surface area contributed by atoms with Crippen molar-refractivity contribution in [2.45, 2.75) is 37.5 Å². The minimum Gasteiger partial charge on any atom is -0.455 e. The van der Waals surface area contributed by atoms with Crippen LogP contribution in [0.4, 0.5) is 8.78 Å². The van der Waals surface area contributed by atoms with Gasteiger partial charge in [0.1, 0.15) is 23.7 Å². The number of fused-ring (bicyclic) bond motifs is 4. The maximum atomic E-state index is 14.6. The van der Waals surface area contributed by atoms with E-state index in [1.807, 2.05) is 0 Å². The quantitative estimate of drug-likeness (QED) is 0.507. The van der Waals surface area contributed by atoms with Crippen molar-refractivity contribution in [3.8, 4) is 0 Å². The third-order valence-corrected chi connectivity index (χ3v) is 5.98. The van der Waals surface area contributed by atoms with Gasteiger partial charge < -0.3 is 18.7 Å². The predicted molar refractivity (Wildman–Crippen MR) is 99.9 cm³/mol. The second-order valence-corrected chi connectivity index (χ2v) is 7.66. The number of nitrogens with zero attached hydrogens (tertiary/aromatic N) is 3. The fourth-order valence-corrected chi connectivity index (χ4v) is 4.62. The van der Waals surface area contributed by atoms with Gasteiger partial charge in [0.2, 0.25) is 5.76 Å². The van der Waals surface area contributed by atoms with Gasteiger partial charge in [-0.05, 0) is 25.0 Å². The van der Waals surface area contributed by atoms with E-state index < -0.39 is 23.9 Å². The molecular weight excluding hydrogens is 394 g/mol. The number of imidazole rings is 1. The van der Waals surface area contributed by atoms with E-state index in [9.17, 15) is 13.6 Å². The first kappa shape index (κ1) is 17.4. The number of furan rings is 1. The Bertz CT molecular complexity index is 1280. The Morgan fingerprint density at radius 3 is 2.97 bits per heavy atom. The van der Waals surface area contributed by atoms with Gasteiger partial charge in [0.25, 0.3) is 5.91 Å². The van der Waals surface area contributed by atoms with E-state index in [-0.39, 0.29) is 29.5 Å². The molecule has 6 rings (SSSR count). The van der Waals surface area contributed by atoms with Gasteiger partial charge in [0.05, 0.1) is 12.0 Å². The zero-order valence-corrected chi connectivity index (χ0v) is 15.6. The molecule has 3 atom stereocenters. The number of para-hydroxylation sites is 1. The summed E-state index contributed by atoms with van der Waals surface area (Å²) >= 11 is 0. The Morgan fingerprint density at radius 2 is 2.10 bits per heavy atom. The summed E-state index contributed by atoms with van der Waals surface area (Å²) in [5.41, 5.74) is 1.61. The van der Waals surface area contributed by atoms with Gasteiger partial charge in [-0.15, -0.1) is 0 Å². The minimum atomic E-state index is -1.37. The van der Waals surface area contributed by atoms with E-state index in [2.05, 4.69) is 15.0 Å². The average molecular weight is 410 g/mol. The van der Waals surface area contributed by atoms with Crippen LogP contribution in [0.5, 0.6) is 0 Å². The van der Waals surface area contributed by atoms with Crippen LogP contribution >= 0.6 is 0 Å². The van der Waals surface area contributed by atoms with Crippen molar-refractivity contribution >= 4 is 16.9 Å². The van der Waals surface area contributed by atoms with Gasteiger partial charge in [0, 0.05) is 23.5 Å². The van der Waals surface area contributed by atoms with E-state index in [4.69, 9.17) is 8.83 Å². The molecule has 1 amide bonds. The average Bonchev–Trinajstić information content (AvgIpc) is 3.48. The molecule has 152 valence electrons. The third-order valence-electron chi connectivity index (χ3n) is 5.98. The highest BCUT2D eigenvalue weighted by molar-refractivity contribution is 5.94. The molecule has 4 aromatic rings. The first-order valence-corrected chi connectivity index (χ1v) is 9.72. The van der Waals surface area contributed by atoms with Crippen LogP contribution in [-0.2, 0) is 6.42 Å². The van der Waals surface area contributed by atoms with Gasteiger partial charge >= 0.3 is 0 Å². The molecule has 0 bridgehead atoms. The van der Waals surface area contributed by atoms with Crippen LogP contribution < -0.4 is 0 Å². The van der Waals surface area contributed by atoms with Crippen LogP contribution in [0.1, 0.15) is 58.5 Å². The van der Waals surface area contributed by atoms with Crippen LogP contribution in [0, 0.1) is 5.82 Å². The van der Waals surface area contributed by atoms with Crippen molar-refractivity contribution in [2.75, 3.05) is 0 Å². The van der Waals surface area contributed by atoms with Crippen molar-refractivity contribution in [1.82, 2.24) is 19.9 Å². The molecule has 0 radical (unpaired) electrons. The minimum absolute atomic E-state index is 0.0145. The zero-order valence-electron chi connectivity index (χ0n) is 15.6. The number of aromatic nitrogens is 3. The number of hydrogen-bond acceptors (Lipinski definition) is 5. The number of oxazole rings is 1. The second-order valence-electron chi connectivity index (χ2n) is 7.66. The molecule has 1 aromatic carbocycles. The Balaban J connectivity index is 1.56. The number of halogens is 2. The molecule has 1 N–H and O–H groups in total. The molecule has 0 fully saturated rings. The first-order chi connectivity index (χ1) is 14.6. The molecule has 0 saturated heterocycles. The van der Waals surface area contributed by atoms with Gasteiger partial charge in [-0.3, -0.25) is 4.79 Å². The van der Waals surface area contributed by atoms with Crippen LogP contribution in [-0.4, -0.2) is 31.8 Å². The zero-order chi connectivity index (χ0) is 20.4. The molecule has 2 aliphatic heterocycles. The number of benzene rings is 1. The summed E-state index contributed by atoms with van der Waals surface area (Å²) < 4.78 is 40.1. The fraction of sp³-hybridized carbons (Fsp3) is 0.286. The fourth-order valence-electron chi connectivity index (χ4n) is 4.62. The number of amides is 1. The number of aromatic amines is 1. The largest absolute Gasteiger partial charge is 0.455 e. The number of hydrogen-bond donors (Lipinski definition) is 1. The molecule has 0 aliphatic carbocycles. The first-order valence-electron chi connectivity index (χ1n) is 9.72. The number of carbonyl (C=O) groups is 1. The van der Waals surface area contributed by atoms with Crippen LogP contribution in [0.2, 0.25) is 0 Å². The Labute approximate surface area is 168 Å². The lowest BCUT2D eigenvalue weighted by Gasteiger charge is -2.41. The molecule has 2 aliphatic rings. The van der Waals surface area contributed by atoms with Crippen molar-refractivity contribution < 1.29 is 22.4 Å². The highest BCUT2D eigenvalue weighted by Crippen LogP contribution is 2.43. The summed E-state index contributed by atoms with van der Waals surface area (Å²) in [6.07, 6.45) is 2.42. The number of carbonyl (C=O) groups excluding carboxylic acids is 1. The van der Waals surface area contributed by atoms with E-state index in [0.29, 0.717) is 29.7 Å². The lowest BCUT2D eigenvalue weighted by atomic mass is 9.89. The lowest BCUT2D eigenvalue weighted by Crippen LogP contribution is -2.48. The SMILES string of the molecule is O=C1c2ocnc2C(F)CCC2Cc3[nH]cnc3[C@@H](c3cc4cccc(F)c4o3)N12. The predicted octanol–water partition coefficient (Wildman–Crippen LogP) is 4.24. The Kier molecular flexibility index (Phi) is 3.62. The molecule has 9 heteroatoms. The maximum Gasteiger partial charge on any atom is 0.292 e. The van der Waals surface area contributed by atoms with E-state index in [1.54, 1.807) is 29.4 Å². The van der Waals surface area contributed by atoms with E-state index in [0.717, 1.165) is 12.1 Å². The number of H-pyrrole nitrogens is 1. The maximum absolute atomic E-state index is 14.6. The topological polar surface area (TPSA) is 88.2 Å². The van der Waals surface area contributed by atoms with E-state index in [1.165, 1.54) is 6.07 Å². The number of rotatable bonds is 1. The molecular formula is C21H16F2N4O3. The molecule has 5 heterocycles. The second kappa shape index (κ2) is 6.25. The Morgan fingerprint density at radius 1 is 1.20 bits per heavy atom. The molecule has 30 heavy (non-hydrogen) atoms. The molecule has 2 unspecified atom stereocenters. The summed E-state index contributed by atoms with van der Waals surface area (Å²) in [7, 11) is 0. The van der Waals surface area contributed by atoms with Gasteiger partial charge in [-0.25, -0.2) is 18.7 Å². The molecule has 7 nitrogen and oxygen atoms in total. The number of nitrogens with one attached hydrogen (secondary N) is 1. The standard InChI is InChI=1S/C21H16F2N4O3/c22-12-5-4-11-7-14-17(25-8-24-14)18(27(11)21(28)20-16(12)26-9-29-20)15-6-10-2-1-3-13(23)19(10)30-15/h1-3,6,8-9,11-12,18H,4-5,7H2,(H,24,25)/t11?,12?,18-/m1/s1. The summed E-state index contributed by atoms with van der Waals surface area (Å²) in [5.74, 6) is -0.682.